The lowest BCUT2D eigenvalue weighted by molar-refractivity contribution is 0.303. The van der Waals surface area contributed by atoms with Crippen LogP contribution in [0.1, 0.15) is 27.8 Å². The van der Waals surface area contributed by atoms with E-state index in [-0.39, 0.29) is 41.4 Å². The van der Waals surface area contributed by atoms with Gasteiger partial charge in [-0.05, 0) is 58.7 Å². The molecule has 0 aliphatic heterocycles. The van der Waals surface area contributed by atoms with Gasteiger partial charge in [0.15, 0.2) is 0 Å². The van der Waals surface area contributed by atoms with Crippen LogP contribution in [0.15, 0.2) is 71.5 Å². The van der Waals surface area contributed by atoms with Crippen molar-refractivity contribution >= 4 is 5.82 Å². The topological polar surface area (TPSA) is 116 Å². The van der Waals surface area contributed by atoms with E-state index in [4.69, 9.17) is 10.5 Å². The molecule has 1 aromatic heterocycles. The maximum absolute atomic E-state index is 13.8. The summed E-state index contributed by atoms with van der Waals surface area (Å²) < 4.78 is 33.3. The van der Waals surface area contributed by atoms with Crippen molar-refractivity contribution in [3.8, 4) is 29.0 Å². The van der Waals surface area contributed by atoms with E-state index in [0.29, 0.717) is 28.0 Å². The van der Waals surface area contributed by atoms with Crippen LogP contribution in [0.5, 0.6) is 5.75 Å². The number of nitrogen functional groups attached to an aromatic ring is 1. The first-order valence-corrected chi connectivity index (χ1v) is 10.5. The first-order chi connectivity index (χ1) is 16.9. The van der Waals surface area contributed by atoms with Crippen molar-refractivity contribution in [2.75, 3.05) is 5.73 Å². The number of nitrogens with one attached hydrogen (secondary N) is 1. The summed E-state index contributed by atoms with van der Waals surface area (Å²) in [5, 5.41) is 19.2. The highest BCUT2D eigenvalue weighted by atomic mass is 19.1. The molecule has 0 bridgehead atoms. The number of rotatable bonds is 6. The van der Waals surface area contributed by atoms with Crippen LogP contribution in [0.3, 0.4) is 0 Å². The molecule has 3 aromatic carbocycles. The Hall–Kier alpha value is -4.95. The summed E-state index contributed by atoms with van der Waals surface area (Å²) in [6.45, 7) is 0.0815. The Morgan fingerprint density at radius 3 is 2.20 bits per heavy atom. The summed E-state index contributed by atoms with van der Waals surface area (Å²) in [5.74, 6) is -0.495. The number of nitrogens with two attached hydrogens (primary N) is 1. The fraction of sp³-hybridized carbons (Fsp3) is 0.0741. The van der Waals surface area contributed by atoms with Crippen molar-refractivity contribution in [3.05, 3.63) is 117 Å². The zero-order valence-electron chi connectivity index (χ0n) is 18.3. The first-order valence-electron chi connectivity index (χ1n) is 10.5. The van der Waals surface area contributed by atoms with Crippen LogP contribution in [0, 0.1) is 34.3 Å². The molecular weight excluding hydrogens is 450 g/mol. The van der Waals surface area contributed by atoms with Crippen molar-refractivity contribution in [3.63, 3.8) is 0 Å². The van der Waals surface area contributed by atoms with Gasteiger partial charge in [0, 0.05) is 12.0 Å². The lowest BCUT2D eigenvalue weighted by Gasteiger charge is -2.15. The Morgan fingerprint density at radius 2 is 1.54 bits per heavy atom. The monoisotopic (exact) mass is 468 g/mol. The average Bonchev–Trinajstić information content (AvgIpc) is 2.83. The number of halogens is 2. The van der Waals surface area contributed by atoms with Crippen LogP contribution in [0.4, 0.5) is 14.6 Å². The van der Waals surface area contributed by atoms with Crippen LogP contribution in [-0.2, 0) is 13.0 Å². The van der Waals surface area contributed by atoms with Gasteiger partial charge in [-0.15, -0.1) is 0 Å². The van der Waals surface area contributed by atoms with Crippen molar-refractivity contribution in [2.24, 2.45) is 0 Å². The molecule has 4 aromatic rings. The summed E-state index contributed by atoms with van der Waals surface area (Å²) in [4.78, 5) is 14.7. The van der Waals surface area contributed by atoms with Gasteiger partial charge in [-0.2, -0.15) is 10.5 Å². The third kappa shape index (κ3) is 5.02. The van der Waals surface area contributed by atoms with Gasteiger partial charge in [0.25, 0.3) is 5.56 Å². The minimum atomic E-state index is -0.711. The Bertz CT molecular complexity index is 1570. The van der Waals surface area contributed by atoms with Gasteiger partial charge in [0.05, 0.1) is 0 Å². The summed E-state index contributed by atoms with van der Waals surface area (Å²) in [5.41, 5.74) is 7.24. The second-order valence-electron chi connectivity index (χ2n) is 7.76. The Kier molecular flexibility index (Phi) is 6.57. The highest BCUT2D eigenvalue weighted by Gasteiger charge is 2.19. The van der Waals surface area contributed by atoms with Crippen molar-refractivity contribution in [1.29, 1.82) is 10.5 Å². The van der Waals surface area contributed by atoms with Crippen LogP contribution in [-0.4, -0.2) is 4.98 Å². The molecule has 1 heterocycles. The molecule has 0 aliphatic rings. The van der Waals surface area contributed by atoms with Gasteiger partial charge >= 0.3 is 0 Å². The van der Waals surface area contributed by atoms with Gasteiger partial charge in [-0.1, -0.05) is 30.3 Å². The van der Waals surface area contributed by atoms with Crippen molar-refractivity contribution in [2.45, 2.75) is 13.0 Å². The number of anilines is 1. The molecule has 6 nitrogen and oxygen atoms in total. The van der Waals surface area contributed by atoms with Gasteiger partial charge in [-0.25, -0.2) is 8.78 Å². The Balaban J connectivity index is 1.82. The predicted octanol–water partition coefficient (Wildman–Crippen LogP) is 4.82. The third-order valence-corrected chi connectivity index (χ3v) is 5.38. The predicted molar refractivity (Wildman–Crippen MR) is 126 cm³/mol. The number of hydrogen-bond acceptors (Lipinski definition) is 5. The minimum absolute atomic E-state index is 0.0358. The number of hydrogen-bond donors (Lipinski definition) is 2. The number of ether oxygens (including phenoxy) is 1. The number of aromatic amines is 1. The van der Waals surface area contributed by atoms with Gasteiger partial charge in [0.1, 0.15) is 53.1 Å². The summed E-state index contributed by atoms with van der Waals surface area (Å²) in [6, 6.07) is 20.7. The van der Waals surface area contributed by atoms with E-state index in [9.17, 15) is 24.1 Å². The molecule has 0 fully saturated rings. The number of nitrogens with zero attached hydrogens (tertiary/aromatic N) is 2. The van der Waals surface area contributed by atoms with E-state index in [2.05, 4.69) is 4.98 Å². The van der Waals surface area contributed by atoms with Gasteiger partial charge in [0.2, 0.25) is 0 Å². The van der Waals surface area contributed by atoms with E-state index in [0.717, 1.165) is 0 Å². The van der Waals surface area contributed by atoms with Crippen LogP contribution in [0.25, 0.3) is 11.1 Å². The molecule has 172 valence electrons. The molecule has 0 spiro atoms. The van der Waals surface area contributed by atoms with E-state index < -0.39 is 11.4 Å². The molecule has 0 amide bonds. The number of aromatic nitrogens is 1. The molecule has 35 heavy (non-hydrogen) atoms. The molecule has 0 radical (unpaired) electrons. The largest absolute Gasteiger partial charge is 0.489 e. The van der Waals surface area contributed by atoms with Crippen molar-refractivity contribution < 1.29 is 13.5 Å². The lowest BCUT2D eigenvalue weighted by Crippen LogP contribution is -2.16. The van der Waals surface area contributed by atoms with Crippen molar-refractivity contribution in [1.82, 2.24) is 4.98 Å². The minimum Gasteiger partial charge on any atom is -0.489 e. The smallest absolute Gasteiger partial charge is 0.268 e. The van der Waals surface area contributed by atoms with Gasteiger partial charge in [-0.3, -0.25) is 4.79 Å². The molecule has 0 atom stereocenters. The molecule has 0 saturated carbocycles. The van der Waals surface area contributed by atoms with E-state index >= 15 is 0 Å². The molecule has 0 saturated heterocycles. The summed E-state index contributed by atoms with van der Waals surface area (Å²) in [7, 11) is 0. The zero-order valence-corrected chi connectivity index (χ0v) is 18.3. The standard InChI is InChI=1S/C27H18F2N4O2/c28-20-5-1-3-16(10-20)9-19-12-18(25-22(13-30)26(32)33-27(34)23(25)14-31)7-8-24(19)35-15-17-4-2-6-21(29)11-17/h1-8,10-12H,9,15H2,(H3,32,33,34). The average molecular weight is 468 g/mol. The SMILES string of the molecule is N#Cc1c(N)[nH]c(=O)c(C#N)c1-c1ccc(OCc2cccc(F)c2)c(Cc2cccc(F)c2)c1. The molecule has 3 N–H and O–H groups in total. The quantitative estimate of drug-likeness (QED) is 0.421. The third-order valence-electron chi connectivity index (χ3n) is 5.38. The molecule has 8 heteroatoms. The number of benzene rings is 3. The highest BCUT2D eigenvalue weighted by molar-refractivity contribution is 5.80. The lowest BCUT2D eigenvalue weighted by atomic mass is 9.93. The normalized spacial score (nSPS) is 10.4. The Labute approximate surface area is 199 Å². The van der Waals surface area contributed by atoms with Crippen LogP contribution >= 0.6 is 0 Å². The number of H-pyrrole nitrogens is 1. The Morgan fingerprint density at radius 1 is 0.886 bits per heavy atom. The van der Waals surface area contributed by atoms with Crippen LogP contribution in [0.2, 0.25) is 0 Å². The first kappa shape index (κ1) is 23.2. The summed E-state index contributed by atoms with van der Waals surface area (Å²) in [6.07, 6.45) is 0.256. The highest BCUT2D eigenvalue weighted by Crippen LogP contribution is 2.33. The maximum Gasteiger partial charge on any atom is 0.268 e. The molecule has 0 unspecified atom stereocenters. The number of nitriles is 2. The summed E-state index contributed by atoms with van der Waals surface area (Å²) >= 11 is 0. The fourth-order valence-corrected chi connectivity index (χ4v) is 3.80. The second kappa shape index (κ2) is 9.90. The van der Waals surface area contributed by atoms with E-state index in [1.807, 2.05) is 12.1 Å². The molecule has 0 aliphatic carbocycles. The fourth-order valence-electron chi connectivity index (χ4n) is 3.80. The molecule has 4 rings (SSSR count). The second-order valence-corrected chi connectivity index (χ2v) is 7.76. The van der Waals surface area contributed by atoms with E-state index in [1.54, 1.807) is 42.5 Å². The number of pyridine rings is 1. The van der Waals surface area contributed by atoms with Crippen LogP contribution < -0.4 is 16.0 Å². The zero-order chi connectivity index (χ0) is 24.9. The molecular formula is C27H18F2N4O2. The maximum atomic E-state index is 13.8. The van der Waals surface area contributed by atoms with Gasteiger partial charge < -0.3 is 15.5 Å². The van der Waals surface area contributed by atoms with E-state index in [1.165, 1.54) is 24.3 Å².